The van der Waals surface area contributed by atoms with Gasteiger partial charge >= 0.3 is 5.97 Å². The van der Waals surface area contributed by atoms with Crippen LogP contribution in [0.15, 0.2) is 24.3 Å². The molecule has 1 heterocycles. The first kappa shape index (κ1) is 18.3. The lowest BCUT2D eigenvalue weighted by molar-refractivity contribution is -0.142. The van der Waals surface area contributed by atoms with Crippen LogP contribution in [-0.4, -0.2) is 42.0 Å². The number of amides is 1. The number of carboxylic acid groups (broad SMARTS) is 1. The molecule has 0 aromatic heterocycles. The van der Waals surface area contributed by atoms with Gasteiger partial charge in [0.1, 0.15) is 0 Å². The van der Waals surface area contributed by atoms with Crippen molar-refractivity contribution in [3.63, 3.8) is 0 Å². The molecular weight excluding hydrogens is 304 g/mol. The van der Waals surface area contributed by atoms with Crippen LogP contribution in [0.2, 0.25) is 0 Å². The van der Waals surface area contributed by atoms with Crippen molar-refractivity contribution in [1.29, 1.82) is 0 Å². The van der Waals surface area contributed by atoms with E-state index in [1.807, 2.05) is 40.0 Å². The van der Waals surface area contributed by atoms with Crippen LogP contribution in [0.4, 0.5) is 5.69 Å². The Labute approximate surface area is 144 Å². The molecule has 2 rings (SSSR count). The fourth-order valence-electron chi connectivity index (χ4n) is 3.15. The van der Waals surface area contributed by atoms with E-state index in [0.29, 0.717) is 19.4 Å². The van der Waals surface area contributed by atoms with E-state index in [2.05, 4.69) is 17.0 Å². The zero-order valence-electron chi connectivity index (χ0n) is 15.1. The molecule has 0 radical (unpaired) electrons. The van der Waals surface area contributed by atoms with Gasteiger partial charge in [-0.2, -0.15) is 0 Å². The van der Waals surface area contributed by atoms with E-state index in [4.69, 9.17) is 5.11 Å². The molecule has 0 atom stereocenters. The van der Waals surface area contributed by atoms with Gasteiger partial charge < -0.3 is 14.9 Å². The number of carbonyl (C=O) groups excluding carboxylic acids is 1. The van der Waals surface area contributed by atoms with Gasteiger partial charge in [-0.1, -0.05) is 32.9 Å². The van der Waals surface area contributed by atoms with E-state index in [-0.39, 0.29) is 17.2 Å². The van der Waals surface area contributed by atoms with Gasteiger partial charge in [-0.15, -0.1) is 0 Å². The minimum Gasteiger partial charge on any atom is -0.481 e. The molecule has 5 heteroatoms. The molecule has 0 spiro atoms. The average molecular weight is 332 g/mol. The van der Waals surface area contributed by atoms with E-state index in [1.54, 1.807) is 4.90 Å². The number of hydrogen-bond acceptors (Lipinski definition) is 3. The largest absolute Gasteiger partial charge is 0.481 e. The molecule has 0 unspecified atom stereocenters. The summed E-state index contributed by atoms with van der Waals surface area (Å²) in [7, 11) is 1.83. The van der Waals surface area contributed by atoms with Crippen molar-refractivity contribution >= 4 is 17.6 Å². The molecule has 1 aliphatic heterocycles. The van der Waals surface area contributed by atoms with E-state index in [0.717, 1.165) is 24.3 Å². The SMILES string of the molecule is CN(Cc1cccc(N2CCC(C(=O)O)CC2)c1)C(=O)C(C)(C)C. The maximum absolute atomic E-state index is 12.3. The van der Waals surface area contributed by atoms with E-state index >= 15 is 0 Å². The number of carbonyl (C=O) groups is 2. The second kappa shape index (κ2) is 7.24. The number of rotatable bonds is 4. The Hall–Kier alpha value is -2.04. The maximum atomic E-state index is 12.3. The molecule has 0 aliphatic carbocycles. The quantitative estimate of drug-likeness (QED) is 0.921. The number of hydrogen-bond donors (Lipinski definition) is 1. The third-order valence-electron chi connectivity index (χ3n) is 4.53. The van der Waals surface area contributed by atoms with Crippen LogP contribution >= 0.6 is 0 Å². The van der Waals surface area contributed by atoms with E-state index in [1.165, 1.54) is 0 Å². The average Bonchev–Trinajstić information content (AvgIpc) is 2.53. The lowest BCUT2D eigenvalue weighted by Gasteiger charge is -2.32. The monoisotopic (exact) mass is 332 g/mol. The van der Waals surface area contributed by atoms with Crippen molar-refractivity contribution < 1.29 is 14.7 Å². The normalized spacial score (nSPS) is 16.1. The lowest BCUT2D eigenvalue weighted by Crippen LogP contribution is -2.37. The third kappa shape index (κ3) is 4.49. The predicted molar refractivity (Wildman–Crippen MR) is 94.9 cm³/mol. The molecule has 1 aliphatic rings. The second-order valence-electron chi connectivity index (χ2n) is 7.68. The van der Waals surface area contributed by atoms with Gasteiger partial charge in [-0.05, 0) is 30.5 Å². The highest BCUT2D eigenvalue weighted by atomic mass is 16.4. The van der Waals surface area contributed by atoms with Crippen molar-refractivity contribution in [2.75, 3.05) is 25.0 Å². The third-order valence-corrected chi connectivity index (χ3v) is 4.53. The van der Waals surface area contributed by atoms with Crippen molar-refractivity contribution in [1.82, 2.24) is 4.90 Å². The molecule has 1 amide bonds. The van der Waals surface area contributed by atoms with Crippen LogP contribution in [0.1, 0.15) is 39.2 Å². The fourth-order valence-corrected chi connectivity index (χ4v) is 3.15. The van der Waals surface area contributed by atoms with Crippen LogP contribution in [-0.2, 0) is 16.1 Å². The van der Waals surface area contributed by atoms with Gasteiger partial charge in [0.2, 0.25) is 5.91 Å². The van der Waals surface area contributed by atoms with Crippen LogP contribution in [0, 0.1) is 11.3 Å². The molecule has 1 aromatic rings. The van der Waals surface area contributed by atoms with Gasteiger partial charge in [0, 0.05) is 37.8 Å². The number of carboxylic acids is 1. The topological polar surface area (TPSA) is 60.9 Å². The standard InChI is InChI=1S/C19H28N2O3/c1-19(2,3)18(24)20(4)13-14-6-5-7-16(12-14)21-10-8-15(9-11-21)17(22)23/h5-7,12,15H,8-11,13H2,1-4H3,(H,22,23). The highest BCUT2D eigenvalue weighted by Gasteiger charge is 2.26. The summed E-state index contributed by atoms with van der Waals surface area (Å²) in [6.45, 7) is 7.88. The summed E-state index contributed by atoms with van der Waals surface area (Å²) in [4.78, 5) is 27.4. The van der Waals surface area contributed by atoms with Crippen molar-refractivity contribution in [2.24, 2.45) is 11.3 Å². The molecular formula is C19H28N2O3. The molecule has 132 valence electrons. The number of anilines is 1. The fraction of sp³-hybridized carbons (Fsp3) is 0.579. The van der Waals surface area contributed by atoms with Gasteiger partial charge in [-0.3, -0.25) is 9.59 Å². The molecule has 0 saturated carbocycles. The first-order valence-electron chi connectivity index (χ1n) is 8.51. The Bertz CT molecular complexity index is 599. The minimum absolute atomic E-state index is 0.121. The summed E-state index contributed by atoms with van der Waals surface area (Å²) in [6.07, 6.45) is 1.37. The van der Waals surface area contributed by atoms with Crippen LogP contribution in [0.5, 0.6) is 0 Å². The van der Waals surface area contributed by atoms with Gasteiger partial charge in [0.15, 0.2) is 0 Å². The molecule has 1 N–H and O–H groups in total. The molecule has 1 saturated heterocycles. The Morgan fingerprint density at radius 3 is 2.42 bits per heavy atom. The maximum Gasteiger partial charge on any atom is 0.306 e. The van der Waals surface area contributed by atoms with Gasteiger partial charge in [0.25, 0.3) is 0 Å². The summed E-state index contributed by atoms with van der Waals surface area (Å²) in [5.74, 6) is -0.791. The first-order valence-corrected chi connectivity index (χ1v) is 8.51. The van der Waals surface area contributed by atoms with Crippen LogP contribution in [0.3, 0.4) is 0 Å². The molecule has 1 fully saturated rings. The lowest BCUT2D eigenvalue weighted by atomic mass is 9.94. The minimum atomic E-state index is -0.689. The van der Waals surface area contributed by atoms with E-state index in [9.17, 15) is 9.59 Å². The highest BCUT2D eigenvalue weighted by Crippen LogP contribution is 2.25. The first-order chi connectivity index (χ1) is 11.2. The van der Waals surface area contributed by atoms with Crippen molar-refractivity contribution in [3.8, 4) is 0 Å². The summed E-state index contributed by atoms with van der Waals surface area (Å²) >= 11 is 0. The Morgan fingerprint density at radius 2 is 1.88 bits per heavy atom. The number of nitrogens with zero attached hydrogens (tertiary/aromatic N) is 2. The molecule has 24 heavy (non-hydrogen) atoms. The van der Waals surface area contributed by atoms with Crippen molar-refractivity contribution in [2.45, 2.75) is 40.2 Å². The Balaban J connectivity index is 2.02. The summed E-state index contributed by atoms with van der Waals surface area (Å²) in [6, 6.07) is 8.19. The van der Waals surface area contributed by atoms with Gasteiger partial charge in [0.05, 0.1) is 5.92 Å². The van der Waals surface area contributed by atoms with E-state index < -0.39 is 5.97 Å². The molecule has 1 aromatic carbocycles. The molecule has 5 nitrogen and oxygen atoms in total. The smallest absolute Gasteiger partial charge is 0.306 e. The zero-order chi connectivity index (χ0) is 17.9. The van der Waals surface area contributed by atoms with Crippen LogP contribution < -0.4 is 4.90 Å². The highest BCUT2D eigenvalue weighted by molar-refractivity contribution is 5.81. The Kier molecular flexibility index (Phi) is 5.52. The summed E-state index contributed by atoms with van der Waals surface area (Å²) in [5, 5.41) is 9.10. The predicted octanol–water partition coefficient (Wildman–Crippen LogP) is 2.99. The summed E-state index contributed by atoms with van der Waals surface area (Å²) in [5.41, 5.74) is 1.81. The van der Waals surface area contributed by atoms with Crippen molar-refractivity contribution in [3.05, 3.63) is 29.8 Å². The number of aliphatic carboxylic acids is 1. The second-order valence-corrected chi connectivity index (χ2v) is 7.68. The zero-order valence-corrected chi connectivity index (χ0v) is 15.1. The Morgan fingerprint density at radius 1 is 1.25 bits per heavy atom. The molecule has 0 bridgehead atoms. The summed E-state index contributed by atoms with van der Waals surface area (Å²) < 4.78 is 0. The van der Waals surface area contributed by atoms with Crippen LogP contribution in [0.25, 0.3) is 0 Å². The van der Waals surface area contributed by atoms with Gasteiger partial charge in [-0.25, -0.2) is 0 Å². The number of piperidine rings is 1. The number of benzene rings is 1.